The summed E-state index contributed by atoms with van der Waals surface area (Å²) in [5.74, 6) is 0.803. The summed E-state index contributed by atoms with van der Waals surface area (Å²) in [6.45, 7) is 2.97. The quantitative estimate of drug-likeness (QED) is 0.817. The van der Waals surface area contributed by atoms with Gasteiger partial charge in [-0.1, -0.05) is 62.7 Å². The molecular weight excluding hydrogens is 313 g/mol. The van der Waals surface area contributed by atoms with Crippen LogP contribution in [0.3, 0.4) is 0 Å². The molecule has 2 N–H and O–H groups in total. The lowest BCUT2D eigenvalue weighted by Crippen LogP contribution is -2.16. The molecule has 3 rings (SSSR count). The van der Waals surface area contributed by atoms with Crippen LogP contribution in [-0.4, -0.2) is 12.2 Å². The molecule has 0 heterocycles. The van der Waals surface area contributed by atoms with Gasteiger partial charge >= 0.3 is 0 Å². The van der Waals surface area contributed by atoms with E-state index in [4.69, 9.17) is 0 Å². The van der Waals surface area contributed by atoms with Crippen molar-refractivity contribution >= 4 is 19.2 Å². The number of aromatic hydroxyl groups is 1. The van der Waals surface area contributed by atoms with Crippen LogP contribution in [0.2, 0.25) is 0 Å². The highest BCUT2D eigenvalue weighted by Crippen LogP contribution is 2.28. The van der Waals surface area contributed by atoms with Crippen molar-refractivity contribution < 1.29 is 5.11 Å². The smallest absolute Gasteiger partial charge is 0.123 e. The molecule has 0 fully saturated rings. The van der Waals surface area contributed by atoms with Crippen LogP contribution in [0.5, 0.6) is 5.75 Å². The van der Waals surface area contributed by atoms with Gasteiger partial charge in [0.05, 0.1) is 0 Å². The molecule has 0 aromatic heterocycles. The number of phenols is 1. The predicted octanol–water partition coefficient (Wildman–Crippen LogP) is 3.65. The summed E-state index contributed by atoms with van der Waals surface area (Å²) in [7, 11) is 2.43. The third kappa shape index (κ3) is 3.95. The van der Waals surface area contributed by atoms with E-state index in [2.05, 4.69) is 60.8 Å². The van der Waals surface area contributed by atoms with Crippen LogP contribution in [0.15, 0.2) is 60.7 Å². The van der Waals surface area contributed by atoms with Crippen molar-refractivity contribution in [3.63, 3.8) is 0 Å². The van der Waals surface area contributed by atoms with Crippen molar-refractivity contribution in [1.82, 2.24) is 5.32 Å². The average Bonchev–Trinajstić information content (AvgIpc) is 2.60. The number of rotatable bonds is 5. The number of aryl methyl sites for hydroxylation is 1. The van der Waals surface area contributed by atoms with Crippen molar-refractivity contribution in [3.05, 3.63) is 77.4 Å². The first-order valence-corrected chi connectivity index (χ1v) is 9.35. The molecule has 0 spiro atoms. The predicted molar refractivity (Wildman–Crippen MR) is 105 cm³/mol. The fourth-order valence-corrected chi connectivity index (χ4v) is 4.27. The second-order valence-electron chi connectivity index (χ2n) is 6.25. The highest BCUT2D eigenvalue weighted by molar-refractivity contribution is 7.55. The largest absolute Gasteiger partial charge is 0.507 e. The zero-order chi connectivity index (χ0) is 16.9. The SMILES string of the molecule is CNCc1cc(C)ccc1Pc1cc(C2C=CC=CC2)ccc1O. The number of nitrogens with one attached hydrogen (secondary N) is 1. The summed E-state index contributed by atoms with van der Waals surface area (Å²) in [6.07, 6.45) is 9.66. The summed E-state index contributed by atoms with van der Waals surface area (Å²) in [4.78, 5) is 0. The molecule has 2 atom stereocenters. The molecule has 1 aliphatic carbocycles. The van der Waals surface area contributed by atoms with Crippen LogP contribution < -0.4 is 15.9 Å². The second kappa shape index (κ2) is 7.79. The molecule has 24 heavy (non-hydrogen) atoms. The summed E-state index contributed by atoms with van der Waals surface area (Å²) < 4.78 is 0. The second-order valence-corrected chi connectivity index (χ2v) is 7.58. The zero-order valence-corrected chi connectivity index (χ0v) is 15.2. The van der Waals surface area contributed by atoms with Gasteiger partial charge in [-0.15, -0.1) is 0 Å². The Hall–Kier alpha value is -1.89. The minimum absolute atomic E-state index is 0.392. The Morgan fingerprint density at radius 3 is 2.75 bits per heavy atom. The van der Waals surface area contributed by atoms with Gasteiger partial charge in [-0.05, 0) is 49.0 Å². The van der Waals surface area contributed by atoms with E-state index < -0.39 is 0 Å². The summed E-state index contributed by atoms with van der Waals surface area (Å²) in [6, 6.07) is 12.6. The van der Waals surface area contributed by atoms with Gasteiger partial charge < -0.3 is 10.4 Å². The van der Waals surface area contributed by atoms with Crippen molar-refractivity contribution in [2.45, 2.75) is 25.8 Å². The fourth-order valence-electron chi connectivity index (χ4n) is 3.04. The summed E-state index contributed by atoms with van der Waals surface area (Å²) in [5.41, 5.74) is 3.85. The first-order valence-electron chi connectivity index (χ1n) is 8.35. The van der Waals surface area contributed by atoms with Crippen molar-refractivity contribution in [1.29, 1.82) is 0 Å². The maximum atomic E-state index is 10.3. The molecule has 2 aromatic carbocycles. The van der Waals surface area contributed by atoms with Crippen LogP contribution in [0, 0.1) is 6.92 Å². The maximum absolute atomic E-state index is 10.3. The van der Waals surface area contributed by atoms with E-state index in [1.165, 1.54) is 22.0 Å². The van der Waals surface area contributed by atoms with E-state index in [1.54, 1.807) is 0 Å². The van der Waals surface area contributed by atoms with Crippen LogP contribution in [0.25, 0.3) is 0 Å². The Balaban J connectivity index is 1.90. The molecule has 0 radical (unpaired) electrons. The van der Waals surface area contributed by atoms with Crippen molar-refractivity contribution in [2.24, 2.45) is 0 Å². The van der Waals surface area contributed by atoms with Gasteiger partial charge in [0.2, 0.25) is 0 Å². The highest BCUT2D eigenvalue weighted by Gasteiger charge is 2.13. The lowest BCUT2D eigenvalue weighted by molar-refractivity contribution is 0.479. The van der Waals surface area contributed by atoms with E-state index in [0.717, 1.165) is 18.3 Å². The number of hydrogen-bond donors (Lipinski definition) is 2. The lowest BCUT2D eigenvalue weighted by atomic mass is 9.93. The molecule has 0 saturated carbocycles. The van der Waals surface area contributed by atoms with Crippen LogP contribution >= 0.6 is 8.58 Å². The van der Waals surface area contributed by atoms with Crippen molar-refractivity contribution in [2.75, 3.05) is 7.05 Å². The number of hydrogen-bond acceptors (Lipinski definition) is 2. The molecule has 2 aromatic rings. The third-order valence-corrected chi connectivity index (χ3v) is 5.75. The van der Waals surface area contributed by atoms with Gasteiger partial charge in [-0.3, -0.25) is 0 Å². The summed E-state index contributed by atoms with van der Waals surface area (Å²) in [5, 5.41) is 15.9. The van der Waals surface area contributed by atoms with Gasteiger partial charge in [-0.25, -0.2) is 0 Å². The highest BCUT2D eigenvalue weighted by atomic mass is 31.1. The first-order chi connectivity index (χ1) is 11.7. The molecule has 2 unspecified atom stereocenters. The summed E-state index contributed by atoms with van der Waals surface area (Å²) >= 11 is 0. The number of allylic oxidation sites excluding steroid dienone is 4. The minimum Gasteiger partial charge on any atom is -0.507 e. The lowest BCUT2D eigenvalue weighted by Gasteiger charge is -2.16. The van der Waals surface area contributed by atoms with Crippen LogP contribution in [0.4, 0.5) is 0 Å². The van der Waals surface area contributed by atoms with Gasteiger partial charge in [0, 0.05) is 17.8 Å². The zero-order valence-electron chi connectivity index (χ0n) is 14.2. The van der Waals surface area contributed by atoms with Crippen LogP contribution in [-0.2, 0) is 6.54 Å². The Morgan fingerprint density at radius 2 is 2.00 bits per heavy atom. The van der Waals surface area contributed by atoms with Crippen LogP contribution in [0.1, 0.15) is 29.0 Å². The third-order valence-electron chi connectivity index (χ3n) is 4.33. The molecule has 2 nitrogen and oxygen atoms in total. The van der Waals surface area contributed by atoms with E-state index in [-0.39, 0.29) is 0 Å². The molecule has 124 valence electrons. The average molecular weight is 337 g/mol. The Bertz CT molecular complexity index is 779. The molecule has 0 aliphatic heterocycles. The van der Waals surface area contributed by atoms with Gasteiger partial charge in [0.25, 0.3) is 0 Å². The monoisotopic (exact) mass is 337 g/mol. The molecule has 0 saturated heterocycles. The topological polar surface area (TPSA) is 32.3 Å². The standard InChI is InChI=1S/C21H24NOP/c1-15-8-11-20(18(12-15)14-22-2)24-21-13-17(9-10-19(21)23)16-6-4-3-5-7-16/h3-6,8-13,16,22-24H,7,14H2,1-2H3. The minimum atomic E-state index is 0.392. The number of phenolic OH excluding ortho intramolecular Hbond substituents is 1. The van der Waals surface area contributed by atoms with Gasteiger partial charge in [0.1, 0.15) is 5.75 Å². The maximum Gasteiger partial charge on any atom is 0.123 e. The van der Waals surface area contributed by atoms with Gasteiger partial charge in [0.15, 0.2) is 0 Å². The van der Waals surface area contributed by atoms with E-state index in [9.17, 15) is 5.11 Å². The fraction of sp³-hybridized carbons (Fsp3) is 0.238. The Morgan fingerprint density at radius 1 is 1.12 bits per heavy atom. The first kappa shape index (κ1) is 17.0. The van der Waals surface area contributed by atoms with Crippen molar-refractivity contribution in [3.8, 4) is 5.75 Å². The molecule has 0 bridgehead atoms. The van der Waals surface area contributed by atoms with Gasteiger partial charge in [-0.2, -0.15) is 0 Å². The Labute approximate surface area is 146 Å². The van der Waals surface area contributed by atoms with E-state index >= 15 is 0 Å². The molecule has 0 amide bonds. The molecule has 3 heteroatoms. The molecule has 1 aliphatic rings. The van der Waals surface area contributed by atoms with E-state index in [0.29, 0.717) is 20.2 Å². The number of benzene rings is 2. The van der Waals surface area contributed by atoms with E-state index in [1.807, 2.05) is 19.2 Å². The normalized spacial score (nSPS) is 17.0. The Kier molecular flexibility index (Phi) is 5.50. The molecular formula is C21H24NOP.